The molecule has 7 heteroatoms. The van der Waals surface area contributed by atoms with Gasteiger partial charge in [-0.25, -0.2) is 4.79 Å². The number of pyridine rings is 1. The van der Waals surface area contributed by atoms with Crippen LogP contribution < -0.4 is 10.7 Å². The molecule has 16 heavy (non-hydrogen) atoms. The first-order valence-corrected chi connectivity index (χ1v) is 4.38. The van der Waals surface area contributed by atoms with Gasteiger partial charge in [-0.1, -0.05) is 0 Å². The molecule has 1 aromatic rings. The number of aliphatic hydroxyl groups excluding tert-OH is 1. The number of carboxylic acids is 1. The number of H-pyrrole nitrogens is 1. The van der Waals surface area contributed by atoms with Crippen molar-refractivity contribution < 1.29 is 19.8 Å². The highest BCUT2D eigenvalue weighted by Crippen LogP contribution is 1.91. The fourth-order valence-corrected chi connectivity index (χ4v) is 1.02. The summed E-state index contributed by atoms with van der Waals surface area (Å²) in [6.45, 7) is -0.744. The van der Waals surface area contributed by atoms with Crippen molar-refractivity contribution in [2.75, 3.05) is 6.61 Å². The van der Waals surface area contributed by atoms with Gasteiger partial charge in [0.25, 0.3) is 5.91 Å². The topological polar surface area (TPSA) is 119 Å². The maximum absolute atomic E-state index is 11.4. The van der Waals surface area contributed by atoms with E-state index < -0.39 is 30.0 Å². The van der Waals surface area contributed by atoms with E-state index >= 15 is 0 Å². The van der Waals surface area contributed by atoms with E-state index in [0.29, 0.717) is 0 Å². The third-order valence-corrected chi connectivity index (χ3v) is 1.85. The van der Waals surface area contributed by atoms with Crippen LogP contribution >= 0.6 is 0 Å². The van der Waals surface area contributed by atoms with E-state index in [4.69, 9.17) is 10.2 Å². The zero-order chi connectivity index (χ0) is 12.1. The maximum atomic E-state index is 11.4. The van der Waals surface area contributed by atoms with Gasteiger partial charge in [-0.2, -0.15) is 0 Å². The van der Waals surface area contributed by atoms with Gasteiger partial charge in [0.1, 0.15) is 5.56 Å². The molecule has 0 radical (unpaired) electrons. The van der Waals surface area contributed by atoms with Gasteiger partial charge < -0.3 is 20.5 Å². The lowest BCUT2D eigenvalue weighted by Crippen LogP contribution is -2.44. The minimum Gasteiger partial charge on any atom is -0.480 e. The summed E-state index contributed by atoms with van der Waals surface area (Å²) in [5.41, 5.74) is -0.736. The summed E-state index contributed by atoms with van der Waals surface area (Å²) in [5.74, 6) is -2.22. The molecule has 0 saturated heterocycles. The molecule has 1 aromatic heterocycles. The number of hydrogen-bond acceptors (Lipinski definition) is 4. The summed E-state index contributed by atoms with van der Waals surface area (Å²) in [5, 5.41) is 19.3. The summed E-state index contributed by atoms with van der Waals surface area (Å²) < 4.78 is 0. The Hall–Kier alpha value is -2.15. The highest BCUT2D eigenvalue weighted by atomic mass is 16.4. The van der Waals surface area contributed by atoms with E-state index in [9.17, 15) is 14.4 Å². The van der Waals surface area contributed by atoms with Gasteiger partial charge in [-0.3, -0.25) is 9.59 Å². The zero-order valence-electron chi connectivity index (χ0n) is 8.14. The minimum atomic E-state index is -1.42. The quantitative estimate of drug-likeness (QED) is 0.500. The van der Waals surface area contributed by atoms with E-state index in [-0.39, 0.29) is 5.56 Å². The van der Waals surface area contributed by atoms with Crippen LogP contribution in [0.2, 0.25) is 0 Å². The van der Waals surface area contributed by atoms with Crippen molar-refractivity contribution in [2.45, 2.75) is 6.04 Å². The molecule has 1 amide bonds. The summed E-state index contributed by atoms with van der Waals surface area (Å²) in [6.07, 6.45) is 2.51. The van der Waals surface area contributed by atoms with Crippen molar-refractivity contribution in [2.24, 2.45) is 0 Å². The number of carbonyl (C=O) groups excluding carboxylic acids is 1. The predicted octanol–water partition coefficient (Wildman–Crippen LogP) is -1.45. The number of aromatic amines is 1. The lowest BCUT2D eigenvalue weighted by molar-refractivity contribution is -0.140. The fraction of sp³-hybridized carbons (Fsp3) is 0.222. The van der Waals surface area contributed by atoms with Crippen LogP contribution in [0, 0.1) is 0 Å². The third-order valence-electron chi connectivity index (χ3n) is 1.85. The normalized spacial score (nSPS) is 11.8. The van der Waals surface area contributed by atoms with E-state index in [1.807, 2.05) is 5.32 Å². The zero-order valence-corrected chi connectivity index (χ0v) is 8.14. The van der Waals surface area contributed by atoms with Crippen molar-refractivity contribution in [3.8, 4) is 0 Å². The van der Waals surface area contributed by atoms with Crippen molar-refractivity contribution in [1.82, 2.24) is 10.3 Å². The molecule has 1 atom stereocenters. The van der Waals surface area contributed by atoms with Crippen LogP contribution in [0.25, 0.3) is 0 Å². The summed E-state index contributed by atoms with van der Waals surface area (Å²) in [4.78, 5) is 35.7. The molecule has 4 N–H and O–H groups in total. The molecule has 0 aliphatic carbocycles. The van der Waals surface area contributed by atoms with E-state index in [0.717, 1.165) is 12.3 Å². The van der Waals surface area contributed by atoms with Gasteiger partial charge in [-0.15, -0.1) is 0 Å². The minimum absolute atomic E-state index is 0.206. The Morgan fingerprint density at radius 2 is 2.19 bits per heavy atom. The Morgan fingerprint density at radius 3 is 2.69 bits per heavy atom. The molecule has 7 nitrogen and oxygen atoms in total. The van der Waals surface area contributed by atoms with Gasteiger partial charge in [0.15, 0.2) is 11.5 Å². The van der Waals surface area contributed by atoms with Crippen molar-refractivity contribution in [1.29, 1.82) is 0 Å². The Morgan fingerprint density at radius 1 is 1.50 bits per heavy atom. The molecule has 1 heterocycles. The second kappa shape index (κ2) is 5.08. The number of nitrogens with one attached hydrogen (secondary N) is 2. The lowest BCUT2D eigenvalue weighted by Gasteiger charge is -2.10. The van der Waals surface area contributed by atoms with Gasteiger partial charge >= 0.3 is 5.97 Å². The second-order valence-electron chi connectivity index (χ2n) is 2.97. The number of rotatable bonds is 4. The fourth-order valence-electron chi connectivity index (χ4n) is 1.02. The first-order valence-electron chi connectivity index (χ1n) is 4.38. The summed E-state index contributed by atoms with van der Waals surface area (Å²) >= 11 is 0. The van der Waals surface area contributed by atoms with Crippen LogP contribution in [-0.4, -0.2) is 39.7 Å². The van der Waals surface area contributed by atoms with Gasteiger partial charge in [0.05, 0.1) is 6.61 Å². The van der Waals surface area contributed by atoms with Crippen LogP contribution in [0.1, 0.15) is 10.4 Å². The third kappa shape index (κ3) is 2.67. The van der Waals surface area contributed by atoms with Crippen LogP contribution in [0.5, 0.6) is 0 Å². The number of hydrogen-bond donors (Lipinski definition) is 4. The average molecular weight is 226 g/mol. The van der Waals surface area contributed by atoms with Crippen molar-refractivity contribution in [3.05, 3.63) is 34.2 Å². The van der Waals surface area contributed by atoms with Crippen LogP contribution in [0.3, 0.4) is 0 Å². The largest absolute Gasteiger partial charge is 0.480 e. The van der Waals surface area contributed by atoms with Gasteiger partial charge in [0.2, 0.25) is 0 Å². The Bertz CT molecular complexity index is 453. The molecule has 0 spiro atoms. The number of amides is 1. The smallest absolute Gasteiger partial charge is 0.328 e. The predicted molar refractivity (Wildman–Crippen MR) is 53.0 cm³/mol. The standard InChI is InChI=1S/C9H10N2O5/c12-4-6(9(15)16)11-8(14)5-3-10-2-1-7(5)13/h1-3,6,12H,4H2,(H,10,13)(H,11,14)(H,15,16)/t6-/m0/s1. The molecule has 86 valence electrons. The van der Waals surface area contributed by atoms with E-state index in [1.165, 1.54) is 6.20 Å². The summed E-state index contributed by atoms with van der Waals surface area (Å²) in [7, 11) is 0. The molecule has 0 aliphatic heterocycles. The maximum Gasteiger partial charge on any atom is 0.328 e. The van der Waals surface area contributed by atoms with Crippen molar-refractivity contribution in [3.63, 3.8) is 0 Å². The number of carbonyl (C=O) groups is 2. The first kappa shape index (κ1) is 11.9. The number of aliphatic hydroxyl groups is 1. The molecule has 0 bridgehead atoms. The van der Waals surface area contributed by atoms with Gasteiger partial charge in [0, 0.05) is 18.5 Å². The molecule has 0 fully saturated rings. The monoisotopic (exact) mass is 226 g/mol. The number of carboxylic acid groups (broad SMARTS) is 1. The van der Waals surface area contributed by atoms with E-state index in [1.54, 1.807) is 0 Å². The molecular formula is C9H10N2O5. The van der Waals surface area contributed by atoms with Crippen LogP contribution in [0.15, 0.2) is 23.3 Å². The van der Waals surface area contributed by atoms with Crippen molar-refractivity contribution >= 4 is 11.9 Å². The molecule has 0 unspecified atom stereocenters. The molecule has 1 rings (SSSR count). The molecule has 0 aliphatic rings. The van der Waals surface area contributed by atoms with Crippen LogP contribution in [-0.2, 0) is 4.79 Å². The average Bonchev–Trinajstić information content (AvgIpc) is 2.25. The summed E-state index contributed by atoms with van der Waals surface area (Å²) in [6, 6.07) is -0.281. The number of aromatic nitrogens is 1. The Labute approximate surface area is 89.7 Å². The molecule has 0 aromatic carbocycles. The van der Waals surface area contributed by atoms with Crippen LogP contribution in [0.4, 0.5) is 0 Å². The van der Waals surface area contributed by atoms with E-state index in [2.05, 4.69) is 4.98 Å². The molecular weight excluding hydrogens is 216 g/mol. The highest BCUT2D eigenvalue weighted by molar-refractivity contribution is 5.96. The lowest BCUT2D eigenvalue weighted by atomic mass is 10.2. The number of aliphatic carboxylic acids is 1. The highest BCUT2D eigenvalue weighted by Gasteiger charge is 2.20. The molecule has 0 saturated carbocycles. The SMILES string of the molecule is O=C(N[C@@H](CO)C(=O)O)c1c[nH]ccc1=O. The Balaban J connectivity index is 2.84. The van der Waals surface area contributed by atoms with Gasteiger partial charge in [-0.05, 0) is 0 Å². The Kier molecular flexibility index (Phi) is 3.78. The second-order valence-corrected chi connectivity index (χ2v) is 2.97. The first-order chi connectivity index (χ1) is 7.56.